The smallest absolute Gasteiger partial charge is 0.305 e. The fourth-order valence-corrected chi connectivity index (χ4v) is 6.20. The summed E-state index contributed by atoms with van der Waals surface area (Å²) in [5.74, 6) is -0.671. The van der Waals surface area contributed by atoms with E-state index in [9.17, 15) is 9.59 Å². The van der Waals surface area contributed by atoms with Gasteiger partial charge in [0.1, 0.15) is 0 Å². The third-order valence-electron chi connectivity index (χ3n) is 9.27. The molecule has 0 aliphatic carbocycles. The van der Waals surface area contributed by atoms with E-state index >= 15 is 0 Å². The summed E-state index contributed by atoms with van der Waals surface area (Å²) in [6.07, 6.45) is 36.9. The molecule has 0 aliphatic rings. The average molecular weight is 639 g/mol. The predicted molar refractivity (Wildman–Crippen MR) is 193 cm³/mol. The molecule has 45 heavy (non-hydrogen) atoms. The Labute approximate surface area is 280 Å². The number of carboxylic acid groups (broad SMARTS) is 1. The van der Waals surface area contributed by atoms with Crippen LogP contribution < -0.4 is 11.1 Å². The molecule has 2 atom stereocenters. The summed E-state index contributed by atoms with van der Waals surface area (Å²) in [7, 11) is 0. The van der Waals surface area contributed by atoms with Crippen molar-refractivity contribution in [2.24, 2.45) is 5.73 Å². The van der Waals surface area contributed by atoms with Crippen molar-refractivity contribution < 1.29 is 19.4 Å². The molecule has 0 amide bonds. The van der Waals surface area contributed by atoms with Crippen molar-refractivity contribution in [2.75, 3.05) is 13.2 Å². The van der Waals surface area contributed by atoms with Crippen LogP contribution in [0.1, 0.15) is 213 Å². The Hall–Kier alpha value is -1.14. The van der Waals surface area contributed by atoms with Gasteiger partial charge in [-0.05, 0) is 45.6 Å². The van der Waals surface area contributed by atoms with Gasteiger partial charge in [-0.25, -0.2) is 0 Å². The minimum atomic E-state index is -0.672. The quantitative estimate of drug-likeness (QED) is 0.0462. The molecule has 0 aliphatic heterocycles. The molecular formula is C39H78N2O4. The van der Waals surface area contributed by atoms with Crippen LogP contribution in [0.3, 0.4) is 0 Å². The van der Waals surface area contributed by atoms with Gasteiger partial charge < -0.3 is 20.9 Å². The van der Waals surface area contributed by atoms with E-state index in [-0.39, 0.29) is 12.0 Å². The van der Waals surface area contributed by atoms with E-state index in [2.05, 4.69) is 19.2 Å². The molecule has 6 heteroatoms. The molecule has 268 valence electrons. The van der Waals surface area contributed by atoms with Crippen molar-refractivity contribution >= 4 is 11.9 Å². The van der Waals surface area contributed by atoms with Gasteiger partial charge in [-0.15, -0.1) is 0 Å². The molecule has 0 aromatic carbocycles. The highest BCUT2D eigenvalue weighted by Gasteiger charge is 2.12. The van der Waals surface area contributed by atoms with Gasteiger partial charge in [-0.3, -0.25) is 9.59 Å². The van der Waals surface area contributed by atoms with Crippen LogP contribution in [0.15, 0.2) is 0 Å². The van der Waals surface area contributed by atoms with E-state index in [1.807, 2.05) is 0 Å². The maximum atomic E-state index is 11.9. The van der Waals surface area contributed by atoms with E-state index in [4.69, 9.17) is 15.6 Å². The summed E-state index contributed by atoms with van der Waals surface area (Å²) in [4.78, 5) is 22.5. The number of carboxylic acids is 1. The second-order valence-electron chi connectivity index (χ2n) is 13.9. The number of carbonyl (C=O) groups excluding carboxylic acids is 1. The first-order valence-corrected chi connectivity index (χ1v) is 19.8. The molecule has 0 rings (SSSR count). The topological polar surface area (TPSA) is 102 Å². The van der Waals surface area contributed by atoms with Crippen molar-refractivity contribution in [1.82, 2.24) is 5.32 Å². The lowest BCUT2D eigenvalue weighted by molar-refractivity contribution is -0.144. The Morgan fingerprint density at radius 3 is 1.44 bits per heavy atom. The van der Waals surface area contributed by atoms with Gasteiger partial charge in [0, 0.05) is 24.9 Å². The summed E-state index contributed by atoms with van der Waals surface area (Å²) < 4.78 is 5.43. The Balaban J connectivity index is 3.41. The first kappa shape index (κ1) is 43.9. The van der Waals surface area contributed by atoms with Gasteiger partial charge in [-0.2, -0.15) is 0 Å². The first-order chi connectivity index (χ1) is 22.0. The number of carbonyl (C=O) groups is 2. The third kappa shape index (κ3) is 35.6. The Morgan fingerprint density at radius 2 is 0.978 bits per heavy atom. The number of esters is 1. The molecule has 0 heterocycles. The zero-order valence-electron chi connectivity index (χ0n) is 30.2. The molecule has 6 nitrogen and oxygen atoms in total. The second kappa shape index (κ2) is 35.7. The van der Waals surface area contributed by atoms with Crippen LogP contribution in [0, 0.1) is 0 Å². The summed E-state index contributed by atoms with van der Waals surface area (Å²) in [6.45, 7) is 6.08. The lowest BCUT2D eigenvalue weighted by Gasteiger charge is -2.22. The average Bonchev–Trinajstić information content (AvgIpc) is 3.01. The lowest BCUT2D eigenvalue weighted by Crippen LogP contribution is -2.43. The van der Waals surface area contributed by atoms with Gasteiger partial charge in [0.25, 0.3) is 0 Å². The van der Waals surface area contributed by atoms with Crippen LogP contribution in [-0.2, 0) is 14.3 Å². The summed E-state index contributed by atoms with van der Waals surface area (Å²) >= 11 is 0. The van der Waals surface area contributed by atoms with Gasteiger partial charge >= 0.3 is 11.9 Å². The van der Waals surface area contributed by atoms with Crippen LogP contribution in [0.5, 0.6) is 0 Å². The summed E-state index contributed by atoms with van der Waals surface area (Å²) in [5, 5.41) is 12.4. The Morgan fingerprint density at radius 1 is 0.578 bits per heavy atom. The van der Waals surface area contributed by atoms with Gasteiger partial charge in [0.05, 0.1) is 6.61 Å². The van der Waals surface area contributed by atoms with Gasteiger partial charge in [0.2, 0.25) is 0 Å². The van der Waals surface area contributed by atoms with Crippen molar-refractivity contribution in [3.63, 3.8) is 0 Å². The molecular weight excluding hydrogens is 560 g/mol. The normalized spacial score (nSPS) is 12.8. The van der Waals surface area contributed by atoms with Crippen LogP contribution in [-0.4, -0.2) is 42.3 Å². The fraction of sp³-hybridized carbons (Fsp3) is 0.949. The standard InChI is InChI=1S/C39H78N2O4/c1-3-4-5-6-7-8-15-20-25-30-35-45-39(44)33-28-23-18-13-10-14-19-24-29-34-41-37(36(2)40)31-26-21-16-11-9-12-17-22-27-32-38(42)43/h36-37,41H,3-35,40H2,1-2H3,(H,42,43). The molecule has 0 bridgehead atoms. The molecule has 0 saturated carbocycles. The molecule has 0 radical (unpaired) electrons. The maximum absolute atomic E-state index is 11.9. The number of hydrogen-bond acceptors (Lipinski definition) is 5. The monoisotopic (exact) mass is 639 g/mol. The summed E-state index contributed by atoms with van der Waals surface area (Å²) in [6, 6.07) is 0.624. The van der Waals surface area contributed by atoms with Crippen LogP contribution in [0.4, 0.5) is 0 Å². The van der Waals surface area contributed by atoms with E-state index in [0.29, 0.717) is 25.5 Å². The number of hydrogen-bond donors (Lipinski definition) is 3. The SMILES string of the molecule is CCCCCCCCCCCCOC(=O)CCCCCCCCCCCNC(CCCCCCCCCCCC(=O)O)C(C)N. The predicted octanol–water partition coefficient (Wildman–Crippen LogP) is 11.0. The Bertz CT molecular complexity index is 628. The number of nitrogens with one attached hydrogen (secondary N) is 1. The zero-order chi connectivity index (χ0) is 33.1. The Kier molecular flexibility index (Phi) is 34.8. The highest BCUT2D eigenvalue weighted by Crippen LogP contribution is 2.15. The minimum absolute atomic E-state index is 0.000473. The lowest BCUT2D eigenvalue weighted by atomic mass is 10.0. The second-order valence-corrected chi connectivity index (χ2v) is 13.9. The number of rotatable bonds is 37. The van der Waals surface area contributed by atoms with Gasteiger partial charge in [-0.1, -0.05) is 161 Å². The molecule has 0 aromatic heterocycles. The number of aliphatic carboxylic acids is 1. The maximum Gasteiger partial charge on any atom is 0.305 e. The molecule has 0 spiro atoms. The fourth-order valence-electron chi connectivity index (χ4n) is 6.20. The largest absolute Gasteiger partial charge is 0.481 e. The number of ether oxygens (including phenoxy) is 1. The number of unbranched alkanes of at least 4 members (excludes halogenated alkanes) is 25. The molecule has 4 N–H and O–H groups in total. The van der Waals surface area contributed by atoms with E-state index < -0.39 is 5.97 Å². The van der Waals surface area contributed by atoms with Crippen molar-refractivity contribution in [3.05, 3.63) is 0 Å². The summed E-state index contributed by atoms with van der Waals surface area (Å²) in [5.41, 5.74) is 6.26. The van der Waals surface area contributed by atoms with Gasteiger partial charge in [0.15, 0.2) is 0 Å². The molecule has 2 unspecified atom stereocenters. The van der Waals surface area contributed by atoms with Crippen molar-refractivity contribution in [2.45, 2.75) is 225 Å². The zero-order valence-corrected chi connectivity index (χ0v) is 30.2. The number of nitrogens with two attached hydrogens (primary N) is 1. The van der Waals surface area contributed by atoms with E-state index in [1.54, 1.807) is 0 Å². The molecule has 0 saturated heterocycles. The van der Waals surface area contributed by atoms with Crippen molar-refractivity contribution in [1.29, 1.82) is 0 Å². The molecule has 0 aromatic rings. The molecule has 0 fully saturated rings. The van der Waals surface area contributed by atoms with E-state index in [0.717, 1.165) is 38.6 Å². The van der Waals surface area contributed by atoms with Crippen LogP contribution in [0.25, 0.3) is 0 Å². The van der Waals surface area contributed by atoms with Crippen LogP contribution >= 0.6 is 0 Å². The first-order valence-electron chi connectivity index (χ1n) is 19.8. The van der Waals surface area contributed by atoms with Crippen molar-refractivity contribution in [3.8, 4) is 0 Å². The minimum Gasteiger partial charge on any atom is -0.481 e. The highest BCUT2D eigenvalue weighted by molar-refractivity contribution is 5.69. The van der Waals surface area contributed by atoms with Crippen LogP contribution in [0.2, 0.25) is 0 Å². The highest BCUT2D eigenvalue weighted by atomic mass is 16.5. The third-order valence-corrected chi connectivity index (χ3v) is 9.27. The van der Waals surface area contributed by atoms with E-state index in [1.165, 1.54) is 154 Å².